The van der Waals surface area contributed by atoms with E-state index in [1.54, 1.807) is 23.9 Å². The van der Waals surface area contributed by atoms with E-state index in [0.29, 0.717) is 16.5 Å². The molecule has 0 aliphatic heterocycles. The van der Waals surface area contributed by atoms with Crippen molar-refractivity contribution in [2.75, 3.05) is 11.1 Å². The molecular formula is C16H15BrClNOS. The second-order valence-corrected chi connectivity index (χ2v) is 6.96. The minimum absolute atomic E-state index is 0.0451. The summed E-state index contributed by atoms with van der Waals surface area (Å²) in [7, 11) is 0. The number of thioether (sulfide) groups is 1. The van der Waals surface area contributed by atoms with Gasteiger partial charge in [-0.05, 0) is 30.7 Å². The number of benzene rings is 2. The molecule has 0 saturated carbocycles. The van der Waals surface area contributed by atoms with Gasteiger partial charge in [0.1, 0.15) is 0 Å². The van der Waals surface area contributed by atoms with Gasteiger partial charge in [-0.2, -0.15) is 0 Å². The van der Waals surface area contributed by atoms with Crippen LogP contribution in [0.3, 0.4) is 0 Å². The molecule has 2 aromatic rings. The Hall–Kier alpha value is -0.970. The molecule has 2 rings (SSSR count). The van der Waals surface area contributed by atoms with Crippen LogP contribution in [0.25, 0.3) is 0 Å². The van der Waals surface area contributed by atoms with Crippen LogP contribution < -0.4 is 5.32 Å². The van der Waals surface area contributed by atoms with Crippen molar-refractivity contribution < 1.29 is 4.79 Å². The van der Waals surface area contributed by atoms with Gasteiger partial charge in [0.25, 0.3) is 0 Å². The third kappa shape index (κ3) is 5.38. The van der Waals surface area contributed by atoms with Crippen LogP contribution >= 0.6 is 39.3 Å². The normalized spacial score (nSPS) is 10.4. The van der Waals surface area contributed by atoms with E-state index in [1.165, 1.54) is 11.1 Å². The first kappa shape index (κ1) is 16.4. The van der Waals surface area contributed by atoms with Crippen LogP contribution in [0.15, 0.2) is 46.9 Å². The molecule has 21 heavy (non-hydrogen) atoms. The van der Waals surface area contributed by atoms with Crippen LogP contribution in [0.5, 0.6) is 0 Å². The molecule has 0 atom stereocenters. The van der Waals surface area contributed by atoms with Gasteiger partial charge in [-0.15, -0.1) is 11.8 Å². The number of carbonyl (C=O) groups is 1. The topological polar surface area (TPSA) is 29.1 Å². The minimum atomic E-state index is -0.0451. The number of anilines is 1. The first-order valence-electron chi connectivity index (χ1n) is 6.43. The van der Waals surface area contributed by atoms with Gasteiger partial charge in [0, 0.05) is 10.2 Å². The molecule has 0 spiro atoms. The summed E-state index contributed by atoms with van der Waals surface area (Å²) in [4.78, 5) is 11.9. The average molecular weight is 385 g/mol. The smallest absolute Gasteiger partial charge is 0.234 e. The Balaban J connectivity index is 1.81. The molecule has 0 unspecified atom stereocenters. The molecule has 0 aliphatic rings. The molecule has 1 amide bonds. The second-order valence-electron chi connectivity index (χ2n) is 4.65. The highest BCUT2D eigenvalue weighted by Gasteiger charge is 2.06. The van der Waals surface area contributed by atoms with Gasteiger partial charge in [-0.1, -0.05) is 57.4 Å². The first-order valence-corrected chi connectivity index (χ1v) is 8.75. The van der Waals surface area contributed by atoms with Crippen molar-refractivity contribution in [2.24, 2.45) is 0 Å². The number of carbonyl (C=O) groups excluding carboxylic acids is 1. The zero-order chi connectivity index (χ0) is 15.2. The fourth-order valence-corrected chi connectivity index (χ4v) is 3.23. The fourth-order valence-electron chi connectivity index (χ4n) is 1.72. The summed E-state index contributed by atoms with van der Waals surface area (Å²) in [5, 5.41) is 3.35. The van der Waals surface area contributed by atoms with Gasteiger partial charge in [0.05, 0.1) is 16.5 Å². The summed E-state index contributed by atoms with van der Waals surface area (Å²) in [6.07, 6.45) is 0. The van der Waals surface area contributed by atoms with Crippen molar-refractivity contribution in [3.63, 3.8) is 0 Å². The molecule has 0 saturated heterocycles. The lowest BCUT2D eigenvalue weighted by Gasteiger charge is -2.07. The third-order valence-electron chi connectivity index (χ3n) is 2.83. The van der Waals surface area contributed by atoms with Gasteiger partial charge < -0.3 is 5.32 Å². The summed E-state index contributed by atoms with van der Waals surface area (Å²) < 4.78 is 0.888. The van der Waals surface area contributed by atoms with Crippen molar-refractivity contribution in [2.45, 2.75) is 12.7 Å². The standard InChI is InChI=1S/C16H15BrClNOS/c1-11-2-4-12(5-3-11)9-21-10-16(20)19-15-7-6-13(17)8-14(15)18/h2-8H,9-10H2,1H3,(H,19,20). The highest BCUT2D eigenvalue weighted by Crippen LogP contribution is 2.25. The lowest BCUT2D eigenvalue weighted by Crippen LogP contribution is -2.14. The number of hydrogen-bond acceptors (Lipinski definition) is 2. The monoisotopic (exact) mass is 383 g/mol. The van der Waals surface area contributed by atoms with Crippen LogP contribution in [0.4, 0.5) is 5.69 Å². The molecule has 1 N–H and O–H groups in total. The number of hydrogen-bond donors (Lipinski definition) is 1. The van der Waals surface area contributed by atoms with Crippen molar-refractivity contribution in [1.29, 1.82) is 0 Å². The molecule has 0 aromatic heterocycles. The van der Waals surface area contributed by atoms with Crippen LogP contribution in [0.1, 0.15) is 11.1 Å². The van der Waals surface area contributed by atoms with E-state index < -0.39 is 0 Å². The zero-order valence-electron chi connectivity index (χ0n) is 11.5. The van der Waals surface area contributed by atoms with Crippen LogP contribution in [-0.2, 0) is 10.5 Å². The number of aryl methyl sites for hydroxylation is 1. The molecule has 0 heterocycles. The first-order chi connectivity index (χ1) is 10.0. The maximum Gasteiger partial charge on any atom is 0.234 e. The van der Waals surface area contributed by atoms with Gasteiger partial charge in [-0.25, -0.2) is 0 Å². The Morgan fingerprint density at radius 1 is 1.24 bits per heavy atom. The lowest BCUT2D eigenvalue weighted by molar-refractivity contribution is -0.113. The molecule has 0 radical (unpaired) electrons. The van der Waals surface area contributed by atoms with E-state index in [4.69, 9.17) is 11.6 Å². The molecule has 5 heteroatoms. The molecule has 2 aromatic carbocycles. The van der Waals surface area contributed by atoms with Crippen LogP contribution in [-0.4, -0.2) is 11.7 Å². The summed E-state index contributed by atoms with van der Waals surface area (Å²) in [6.45, 7) is 2.06. The van der Waals surface area contributed by atoms with Gasteiger partial charge >= 0.3 is 0 Å². The van der Waals surface area contributed by atoms with E-state index in [-0.39, 0.29) is 5.91 Å². The Labute approximate surface area is 142 Å². The fraction of sp³-hybridized carbons (Fsp3) is 0.188. The predicted molar refractivity (Wildman–Crippen MR) is 95.1 cm³/mol. The Morgan fingerprint density at radius 2 is 1.95 bits per heavy atom. The third-order valence-corrected chi connectivity index (χ3v) is 4.64. The summed E-state index contributed by atoms with van der Waals surface area (Å²) in [5.41, 5.74) is 3.10. The molecule has 0 fully saturated rings. The number of amides is 1. The van der Waals surface area contributed by atoms with Crippen LogP contribution in [0.2, 0.25) is 5.02 Å². The maximum absolute atomic E-state index is 11.9. The maximum atomic E-state index is 11.9. The van der Waals surface area contributed by atoms with E-state index >= 15 is 0 Å². The van der Waals surface area contributed by atoms with E-state index in [0.717, 1.165) is 10.2 Å². The van der Waals surface area contributed by atoms with E-state index in [1.807, 2.05) is 6.07 Å². The van der Waals surface area contributed by atoms with Crippen molar-refractivity contribution in [3.8, 4) is 0 Å². The Kier molecular flexibility index (Phi) is 6.15. The minimum Gasteiger partial charge on any atom is -0.324 e. The number of nitrogens with one attached hydrogen (secondary N) is 1. The number of halogens is 2. The van der Waals surface area contributed by atoms with Gasteiger partial charge in [0.2, 0.25) is 5.91 Å². The summed E-state index contributed by atoms with van der Waals surface area (Å²) in [5.74, 6) is 1.18. The summed E-state index contributed by atoms with van der Waals surface area (Å²) in [6, 6.07) is 13.7. The Morgan fingerprint density at radius 3 is 2.62 bits per heavy atom. The van der Waals surface area contributed by atoms with Crippen molar-refractivity contribution >= 4 is 50.9 Å². The molecular weight excluding hydrogens is 370 g/mol. The number of rotatable bonds is 5. The van der Waals surface area contributed by atoms with E-state index in [9.17, 15) is 4.79 Å². The second kappa shape index (κ2) is 7.87. The largest absolute Gasteiger partial charge is 0.324 e. The van der Waals surface area contributed by atoms with Crippen molar-refractivity contribution in [1.82, 2.24) is 0 Å². The van der Waals surface area contributed by atoms with Gasteiger partial charge in [-0.3, -0.25) is 4.79 Å². The molecule has 0 aliphatic carbocycles. The molecule has 110 valence electrons. The Bertz CT molecular complexity index is 631. The molecule has 2 nitrogen and oxygen atoms in total. The van der Waals surface area contributed by atoms with E-state index in [2.05, 4.69) is 52.4 Å². The summed E-state index contributed by atoms with van der Waals surface area (Å²) >= 11 is 11.0. The van der Waals surface area contributed by atoms with Crippen LogP contribution in [0, 0.1) is 6.92 Å². The average Bonchev–Trinajstić information content (AvgIpc) is 2.44. The molecule has 0 bridgehead atoms. The van der Waals surface area contributed by atoms with Gasteiger partial charge in [0.15, 0.2) is 0 Å². The SMILES string of the molecule is Cc1ccc(CSCC(=O)Nc2ccc(Br)cc2Cl)cc1. The lowest BCUT2D eigenvalue weighted by atomic mass is 10.2. The zero-order valence-corrected chi connectivity index (χ0v) is 14.7. The quantitative estimate of drug-likeness (QED) is 0.759. The highest BCUT2D eigenvalue weighted by molar-refractivity contribution is 9.10. The van der Waals surface area contributed by atoms with Crippen molar-refractivity contribution in [3.05, 3.63) is 63.1 Å². The predicted octanol–water partition coefficient (Wildman–Crippen LogP) is 5.28. The highest BCUT2D eigenvalue weighted by atomic mass is 79.9.